The summed E-state index contributed by atoms with van der Waals surface area (Å²) in [5, 5.41) is 4.70. The second-order valence-corrected chi connectivity index (χ2v) is 7.24. The van der Waals surface area contributed by atoms with Crippen molar-refractivity contribution in [2.24, 2.45) is 0 Å². The van der Waals surface area contributed by atoms with Gasteiger partial charge in [-0.3, -0.25) is 10.1 Å². The highest BCUT2D eigenvalue weighted by molar-refractivity contribution is 5.93. The summed E-state index contributed by atoms with van der Waals surface area (Å²) in [4.78, 5) is 23.9. The molecule has 2 amide bonds. The topological polar surface area (TPSA) is 67.4 Å². The fraction of sp³-hybridized carbons (Fsp3) is 0.300. The van der Waals surface area contributed by atoms with Crippen LogP contribution in [0.4, 0.5) is 33.7 Å². The minimum atomic E-state index is -4.53. The molecule has 5 nitrogen and oxygen atoms in total. The Morgan fingerprint density at radius 2 is 1.69 bits per heavy atom. The standard InChI is InChI=1S/C20H20F4N2O3/c1-19(2,3)29-18(28)25-14-7-8-15(21)16(11-14)26-17(27)10-12-5-4-6-13(9-12)20(22,23)24/h4-9,11H,10H2,1-3H3,(H,25,28)(H,26,27). The zero-order valence-electron chi connectivity index (χ0n) is 16.0. The van der Waals surface area contributed by atoms with Gasteiger partial charge >= 0.3 is 12.3 Å². The Labute approximate surface area is 165 Å². The molecule has 0 heterocycles. The zero-order valence-corrected chi connectivity index (χ0v) is 16.0. The smallest absolute Gasteiger partial charge is 0.416 e. The quantitative estimate of drug-likeness (QED) is 0.664. The average molecular weight is 412 g/mol. The van der Waals surface area contributed by atoms with Gasteiger partial charge in [0.15, 0.2) is 0 Å². The van der Waals surface area contributed by atoms with Gasteiger partial charge in [0, 0.05) is 5.69 Å². The lowest BCUT2D eigenvalue weighted by atomic mass is 10.1. The molecular weight excluding hydrogens is 392 g/mol. The molecule has 0 aliphatic heterocycles. The molecule has 2 N–H and O–H groups in total. The van der Waals surface area contributed by atoms with Crippen molar-refractivity contribution in [3.8, 4) is 0 Å². The highest BCUT2D eigenvalue weighted by Crippen LogP contribution is 2.29. The lowest BCUT2D eigenvalue weighted by Gasteiger charge is -2.20. The Kier molecular flexibility index (Phi) is 6.51. The van der Waals surface area contributed by atoms with E-state index >= 15 is 0 Å². The number of benzene rings is 2. The lowest BCUT2D eigenvalue weighted by Crippen LogP contribution is -2.27. The highest BCUT2D eigenvalue weighted by atomic mass is 19.4. The number of halogens is 4. The molecule has 2 rings (SSSR count). The Morgan fingerprint density at radius 1 is 1.00 bits per heavy atom. The van der Waals surface area contributed by atoms with E-state index in [4.69, 9.17) is 4.74 Å². The number of rotatable bonds is 4. The Morgan fingerprint density at radius 3 is 2.31 bits per heavy atom. The molecule has 0 atom stereocenters. The summed E-state index contributed by atoms with van der Waals surface area (Å²) in [5.74, 6) is -1.48. The van der Waals surface area contributed by atoms with Gasteiger partial charge in [0.1, 0.15) is 11.4 Å². The van der Waals surface area contributed by atoms with Crippen molar-refractivity contribution in [3.05, 3.63) is 59.4 Å². The van der Waals surface area contributed by atoms with Crippen molar-refractivity contribution < 1.29 is 31.9 Å². The van der Waals surface area contributed by atoms with Crippen molar-refractivity contribution in [2.75, 3.05) is 10.6 Å². The number of ether oxygens (including phenoxy) is 1. The van der Waals surface area contributed by atoms with E-state index < -0.39 is 35.2 Å². The largest absolute Gasteiger partial charge is 0.444 e. The van der Waals surface area contributed by atoms with Crippen LogP contribution in [0, 0.1) is 5.82 Å². The van der Waals surface area contributed by atoms with Gasteiger partial charge in [-0.05, 0) is 50.6 Å². The number of hydrogen-bond donors (Lipinski definition) is 2. The molecule has 0 bridgehead atoms. The minimum absolute atomic E-state index is 0.126. The van der Waals surface area contributed by atoms with E-state index in [1.165, 1.54) is 24.3 Å². The molecule has 0 fully saturated rings. The van der Waals surface area contributed by atoms with Crippen LogP contribution in [0.2, 0.25) is 0 Å². The summed E-state index contributed by atoms with van der Waals surface area (Å²) in [6.45, 7) is 5.03. The van der Waals surface area contributed by atoms with E-state index in [2.05, 4.69) is 10.6 Å². The zero-order chi connectivity index (χ0) is 21.8. The first kappa shape index (κ1) is 22.2. The van der Waals surface area contributed by atoms with E-state index in [1.54, 1.807) is 20.8 Å². The second-order valence-electron chi connectivity index (χ2n) is 7.24. The van der Waals surface area contributed by atoms with E-state index in [-0.39, 0.29) is 23.4 Å². The number of hydrogen-bond acceptors (Lipinski definition) is 3. The molecule has 0 aromatic heterocycles. The van der Waals surface area contributed by atoms with Crippen molar-refractivity contribution >= 4 is 23.4 Å². The molecule has 0 saturated heterocycles. The van der Waals surface area contributed by atoms with Crippen molar-refractivity contribution in [1.82, 2.24) is 0 Å². The molecule has 29 heavy (non-hydrogen) atoms. The van der Waals surface area contributed by atoms with E-state index in [1.807, 2.05) is 0 Å². The monoisotopic (exact) mass is 412 g/mol. The molecule has 2 aromatic rings. The van der Waals surface area contributed by atoms with Gasteiger partial charge in [-0.2, -0.15) is 13.2 Å². The van der Waals surface area contributed by atoms with Crippen LogP contribution >= 0.6 is 0 Å². The molecule has 0 unspecified atom stereocenters. The molecule has 0 saturated carbocycles. The fourth-order valence-electron chi connectivity index (χ4n) is 2.36. The molecule has 156 valence electrons. The Bertz CT molecular complexity index is 905. The van der Waals surface area contributed by atoms with Gasteiger partial charge in [0.05, 0.1) is 17.7 Å². The maximum absolute atomic E-state index is 14.0. The van der Waals surface area contributed by atoms with Crippen molar-refractivity contribution in [1.29, 1.82) is 0 Å². The van der Waals surface area contributed by atoms with Gasteiger partial charge in [-0.15, -0.1) is 0 Å². The summed E-state index contributed by atoms with van der Waals surface area (Å²) >= 11 is 0. The number of nitrogens with one attached hydrogen (secondary N) is 2. The third-order valence-electron chi connectivity index (χ3n) is 3.50. The van der Waals surface area contributed by atoms with Crippen LogP contribution < -0.4 is 10.6 Å². The third kappa shape index (κ3) is 7.10. The SMILES string of the molecule is CC(C)(C)OC(=O)Nc1ccc(F)c(NC(=O)Cc2cccc(C(F)(F)F)c2)c1. The molecule has 0 radical (unpaired) electrons. The van der Waals surface area contributed by atoms with Crippen LogP contribution in [0.25, 0.3) is 0 Å². The van der Waals surface area contributed by atoms with Crippen LogP contribution in [-0.4, -0.2) is 17.6 Å². The predicted octanol–water partition coefficient (Wildman–Crippen LogP) is 5.37. The maximum atomic E-state index is 14.0. The Hall–Kier alpha value is -3.10. The van der Waals surface area contributed by atoms with E-state index in [0.29, 0.717) is 0 Å². The highest BCUT2D eigenvalue weighted by Gasteiger charge is 2.30. The second kappa shape index (κ2) is 8.50. The number of carbonyl (C=O) groups is 2. The van der Waals surface area contributed by atoms with Gasteiger partial charge in [0.25, 0.3) is 0 Å². The summed E-state index contributed by atoms with van der Waals surface area (Å²) in [7, 11) is 0. The molecule has 0 aliphatic rings. The van der Waals surface area contributed by atoms with Crippen molar-refractivity contribution in [2.45, 2.75) is 39.0 Å². The van der Waals surface area contributed by atoms with Crippen LogP contribution in [0.3, 0.4) is 0 Å². The fourth-order valence-corrected chi connectivity index (χ4v) is 2.36. The summed E-state index contributed by atoms with van der Waals surface area (Å²) < 4.78 is 57.4. The molecular formula is C20H20F4N2O3. The molecule has 2 aromatic carbocycles. The van der Waals surface area contributed by atoms with E-state index in [9.17, 15) is 27.2 Å². The van der Waals surface area contributed by atoms with Gasteiger partial charge in [0.2, 0.25) is 5.91 Å². The summed E-state index contributed by atoms with van der Waals surface area (Å²) in [5.41, 5.74) is -1.53. The minimum Gasteiger partial charge on any atom is -0.444 e. The molecule has 0 spiro atoms. The average Bonchev–Trinajstić information content (AvgIpc) is 2.55. The molecule has 0 aliphatic carbocycles. The van der Waals surface area contributed by atoms with E-state index in [0.717, 1.165) is 18.2 Å². The first-order valence-corrected chi connectivity index (χ1v) is 8.59. The number of carbonyl (C=O) groups excluding carboxylic acids is 2. The summed E-state index contributed by atoms with van der Waals surface area (Å²) in [6, 6.07) is 7.81. The lowest BCUT2D eigenvalue weighted by molar-refractivity contribution is -0.137. The van der Waals surface area contributed by atoms with Gasteiger partial charge in [-0.25, -0.2) is 9.18 Å². The van der Waals surface area contributed by atoms with Gasteiger partial charge in [-0.1, -0.05) is 18.2 Å². The normalized spacial score (nSPS) is 11.7. The summed E-state index contributed by atoms with van der Waals surface area (Å²) in [6.07, 6.45) is -5.67. The number of amides is 2. The van der Waals surface area contributed by atoms with Crippen LogP contribution in [-0.2, 0) is 22.1 Å². The number of anilines is 2. The third-order valence-corrected chi connectivity index (χ3v) is 3.50. The first-order valence-electron chi connectivity index (χ1n) is 8.59. The van der Waals surface area contributed by atoms with Crippen molar-refractivity contribution in [3.63, 3.8) is 0 Å². The van der Waals surface area contributed by atoms with Crippen LogP contribution in [0.1, 0.15) is 31.9 Å². The number of alkyl halides is 3. The van der Waals surface area contributed by atoms with Crippen LogP contribution in [0.5, 0.6) is 0 Å². The maximum Gasteiger partial charge on any atom is 0.416 e. The van der Waals surface area contributed by atoms with Crippen LogP contribution in [0.15, 0.2) is 42.5 Å². The molecule has 9 heteroatoms. The first-order chi connectivity index (χ1) is 13.3. The van der Waals surface area contributed by atoms with Gasteiger partial charge < -0.3 is 10.1 Å². The predicted molar refractivity (Wildman–Crippen MR) is 100 cm³/mol. The Balaban J connectivity index is 2.08.